The molecule has 0 aliphatic carbocycles. The molecular weight excluding hydrogens is 322 g/mol. The van der Waals surface area contributed by atoms with Crippen molar-refractivity contribution in [1.82, 2.24) is 4.98 Å². The van der Waals surface area contributed by atoms with Crippen molar-refractivity contribution >= 4 is 10.9 Å². The third-order valence-electron chi connectivity index (χ3n) is 4.61. The first kappa shape index (κ1) is 18.4. The Morgan fingerprint density at radius 3 is 2.12 bits per heavy atom. The molecule has 2 aromatic carbocycles. The second-order valence-corrected chi connectivity index (χ2v) is 6.81. The van der Waals surface area contributed by atoms with Gasteiger partial charge < -0.3 is 14.5 Å². The van der Waals surface area contributed by atoms with Crippen LogP contribution in [0, 0.1) is 6.92 Å². The van der Waals surface area contributed by atoms with E-state index in [-0.39, 0.29) is 0 Å². The number of H-pyrrole nitrogens is 1. The average molecular weight is 351 g/mol. The molecule has 1 heterocycles. The van der Waals surface area contributed by atoms with Gasteiger partial charge in [-0.15, -0.1) is 0 Å². The summed E-state index contributed by atoms with van der Waals surface area (Å²) in [6, 6.07) is 14.8. The Hall–Kier alpha value is -2.42. The van der Waals surface area contributed by atoms with E-state index in [0.717, 1.165) is 61.6 Å². The summed E-state index contributed by atoms with van der Waals surface area (Å²) in [6.07, 6.45) is 4.47. The van der Waals surface area contributed by atoms with Crippen LogP contribution in [0.5, 0.6) is 11.5 Å². The Kier molecular flexibility index (Phi) is 6.21. The summed E-state index contributed by atoms with van der Waals surface area (Å²) in [5.74, 6) is 1.88. The lowest BCUT2D eigenvalue weighted by molar-refractivity contribution is 0.309. The van der Waals surface area contributed by atoms with E-state index in [2.05, 4.69) is 62.2 Å². The van der Waals surface area contributed by atoms with Crippen LogP contribution < -0.4 is 9.47 Å². The molecule has 0 unspecified atom stereocenters. The van der Waals surface area contributed by atoms with Crippen LogP contribution in [0.3, 0.4) is 0 Å². The Bertz CT molecular complexity index is 851. The van der Waals surface area contributed by atoms with Gasteiger partial charge in [-0.25, -0.2) is 0 Å². The summed E-state index contributed by atoms with van der Waals surface area (Å²) in [4.78, 5) is 3.52. The third-order valence-corrected chi connectivity index (χ3v) is 4.61. The van der Waals surface area contributed by atoms with Crippen LogP contribution in [0.2, 0.25) is 0 Å². The van der Waals surface area contributed by atoms with Crippen LogP contribution >= 0.6 is 0 Å². The number of benzene rings is 2. The first-order valence-electron chi connectivity index (χ1n) is 9.70. The summed E-state index contributed by atoms with van der Waals surface area (Å²) in [5.41, 5.74) is 4.68. The predicted molar refractivity (Wildman–Crippen MR) is 109 cm³/mol. The van der Waals surface area contributed by atoms with Gasteiger partial charge >= 0.3 is 0 Å². The van der Waals surface area contributed by atoms with Crippen molar-refractivity contribution in [3.63, 3.8) is 0 Å². The molecule has 138 valence electrons. The van der Waals surface area contributed by atoms with E-state index >= 15 is 0 Å². The van der Waals surface area contributed by atoms with Crippen molar-refractivity contribution in [3.05, 3.63) is 48.0 Å². The Morgan fingerprint density at radius 2 is 1.46 bits per heavy atom. The van der Waals surface area contributed by atoms with Gasteiger partial charge in [0.2, 0.25) is 0 Å². The number of ether oxygens (including phenoxy) is 2. The smallest absolute Gasteiger partial charge is 0.120 e. The van der Waals surface area contributed by atoms with Crippen molar-refractivity contribution in [1.29, 1.82) is 0 Å². The van der Waals surface area contributed by atoms with Crippen LogP contribution in [-0.2, 0) is 0 Å². The summed E-state index contributed by atoms with van der Waals surface area (Å²) in [5, 5.41) is 1.18. The quantitative estimate of drug-likeness (QED) is 0.446. The van der Waals surface area contributed by atoms with E-state index in [1.165, 1.54) is 16.5 Å². The van der Waals surface area contributed by atoms with E-state index in [0.29, 0.717) is 0 Å². The molecule has 0 aliphatic rings. The van der Waals surface area contributed by atoms with Gasteiger partial charge in [-0.3, -0.25) is 0 Å². The molecule has 0 spiro atoms. The van der Waals surface area contributed by atoms with Gasteiger partial charge in [0.25, 0.3) is 0 Å². The number of fused-ring (bicyclic) bond motifs is 1. The maximum absolute atomic E-state index is 5.83. The summed E-state index contributed by atoms with van der Waals surface area (Å²) in [6.45, 7) is 8.04. The number of hydrogen-bond acceptors (Lipinski definition) is 2. The zero-order valence-electron chi connectivity index (χ0n) is 16.1. The predicted octanol–water partition coefficient (Wildman–Crippen LogP) is 6.50. The first-order chi connectivity index (χ1) is 12.7. The molecule has 0 radical (unpaired) electrons. The van der Waals surface area contributed by atoms with Crippen LogP contribution in [0.15, 0.2) is 42.5 Å². The van der Waals surface area contributed by atoms with E-state index in [1.807, 2.05) is 6.07 Å². The van der Waals surface area contributed by atoms with Crippen molar-refractivity contribution in [2.45, 2.75) is 46.5 Å². The number of aromatic amines is 1. The largest absolute Gasteiger partial charge is 0.494 e. The molecule has 3 aromatic rings. The highest BCUT2D eigenvalue weighted by molar-refractivity contribution is 5.87. The first-order valence-corrected chi connectivity index (χ1v) is 9.70. The van der Waals surface area contributed by atoms with Crippen LogP contribution in [0.4, 0.5) is 0 Å². The molecule has 1 N–H and O–H groups in total. The molecule has 3 heteroatoms. The van der Waals surface area contributed by atoms with Gasteiger partial charge in [0.1, 0.15) is 11.5 Å². The monoisotopic (exact) mass is 351 g/mol. The highest BCUT2D eigenvalue weighted by atomic mass is 16.5. The Balaban J connectivity index is 1.79. The fraction of sp³-hybridized carbons (Fsp3) is 0.391. The molecule has 0 bridgehead atoms. The standard InChI is InChI=1S/C23H29NO2/c1-4-6-12-25-19-8-10-21(17(3)14-19)23-16-18-15-20(26-13-7-5-2)9-11-22(18)24-23/h8-11,14-16,24H,4-7,12-13H2,1-3H3. The number of aryl methyl sites for hydroxylation is 1. The SMILES string of the molecule is CCCCOc1ccc(-c2cc3cc(OCCCC)ccc3[nH]2)c(C)c1. The summed E-state index contributed by atoms with van der Waals surface area (Å²) >= 11 is 0. The molecule has 3 nitrogen and oxygen atoms in total. The van der Waals surface area contributed by atoms with Crippen molar-refractivity contribution in [2.75, 3.05) is 13.2 Å². The molecule has 0 atom stereocenters. The third kappa shape index (κ3) is 4.40. The van der Waals surface area contributed by atoms with Crippen LogP contribution in [0.25, 0.3) is 22.2 Å². The molecular formula is C23H29NO2. The number of unbranched alkanes of at least 4 members (excludes halogenated alkanes) is 2. The van der Waals surface area contributed by atoms with Crippen molar-refractivity contribution < 1.29 is 9.47 Å². The van der Waals surface area contributed by atoms with Crippen molar-refractivity contribution in [3.8, 4) is 22.8 Å². The fourth-order valence-corrected chi connectivity index (χ4v) is 3.04. The minimum atomic E-state index is 0.776. The number of nitrogens with one attached hydrogen (secondary N) is 1. The highest BCUT2D eigenvalue weighted by Crippen LogP contribution is 2.30. The maximum atomic E-state index is 5.83. The average Bonchev–Trinajstić information content (AvgIpc) is 3.05. The van der Waals surface area contributed by atoms with Gasteiger partial charge in [0, 0.05) is 22.2 Å². The highest BCUT2D eigenvalue weighted by Gasteiger charge is 2.08. The Labute approximate surface area is 156 Å². The lowest BCUT2D eigenvalue weighted by Crippen LogP contribution is -1.97. The molecule has 26 heavy (non-hydrogen) atoms. The second-order valence-electron chi connectivity index (χ2n) is 6.81. The number of hydrogen-bond donors (Lipinski definition) is 1. The lowest BCUT2D eigenvalue weighted by Gasteiger charge is -2.09. The van der Waals surface area contributed by atoms with E-state index in [9.17, 15) is 0 Å². The van der Waals surface area contributed by atoms with Gasteiger partial charge in [0.05, 0.1) is 13.2 Å². The fourth-order valence-electron chi connectivity index (χ4n) is 3.04. The summed E-state index contributed by atoms with van der Waals surface area (Å²) < 4.78 is 11.6. The molecule has 0 saturated carbocycles. The van der Waals surface area contributed by atoms with E-state index < -0.39 is 0 Å². The second kappa shape index (κ2) is 8.79. The summed E-state index contributed by atoms with van der Waals surface area (Å²) in [7, 11) is 0. The topological polar surface area (TPSA) is 34.2 Å². The molecule has 1 aromatic heterocycles. The minimum Gasteiger partial charge on any atom is -0.494 e. The molecule has 0 fully saturated rings. The number of aromatic nitrogens is 1. The van der Waals surface area contributed by atoms with Gasteiger partial charge in [-0.1, -0.05) is 26.7 Å². The normalized spacial score (nSPS) is 11.0. The van der Waals surface area contributed by atoms with E-state index in [4.69, 9.17) is 9.47 Å². The lowest BCUT2D eigenvalue weighted by atomic mass is 10.1. The molecule has 3 rings (SSSR count). The zero-order valence-corrected chi connectivity index (χ0v) is 16.1. The maximum Gasteiger partial charge on any atom is 0.120 e. The number of rotatable bonds is 9. The molecule has 0 saturated heterocycles. The molecule has 0 amide bonds. The van der Waals surface area contributed by atoms with Gasteiger partial charge in [-0.05, 0) is 67.8 Å². The van der Waals surface area contributed by atoms with E-state index in [1.54, 1.807) is 0 Å². The van der Waals surface area contributed by atoms with Crippen molar-refractivity contribution in [2.24, 2.45) is 0 Å². The van der Waals surface area contributed by atoms with Crippen LogP contribution in [-0.4, -0.2) is 18.2 Å². The Morgan fingerprint density at radius 1 is 0.808 bits per heavy atom. The zero-order chi connectivity index (χ0) is 18.4. The molecule has 0 aliphatic heterocycles. The minimum absolute atomic E-state index is 0.776. The van der Waals surface area contributed by atoms with Crippen LogP contribution in [0.1, 0.15) is 45.1 Å². The van der Waals surface area contributed by atoms with Gasteiger partial charge in [-0.2, -0.15) is 0 Å². The van der Waals surface area contributed by atoms with Gasteiger partial charge in [0.15, 0.2) is 0 Å².